The van der Waals surface area contributed by atoms with Gasteiger partial charge in [-0.3, -0.25) is 10.1 Å². The zero-order valence-corrected chi connectivity index (χ0v) is 14.6. The van der Waals surface area contributed by atoms with E-state index >= 15 is 0 Å². The molecule has 25 heavy (non-hydrogen) atoms. The Balaban J connectivity index is 1.63. The lowest BCUT2D eigenvalue weighted by molar-refractivity contribution is -0.386. The van der Waals surface area contributed by atoms with Crippen LogP contribution in [0.2, 0.25) is 0 Å². The second-order valence-corrected chi connectivity index (χ2v) is 9.07. The molecule has 5 heteroatoms. The second kappa shape index (κ2) is 4.56. The maximum absolute atomic E-state index is 11.5. The van der Waals surface area contributed by atoms with Crippen molar-refractivity contribution in [1.82, 2.24) is 0 Å². The van der Waals surface area contributed by atoms with Crippen LogP contribution in [0.15, 0.2) is 12.1 Å². The van der Waals surface area contributed by atoms with Crippen molar-refractivity contribution in [2.24, 2.45) is 16.7 Å². The third-order valence-corrected chi connectivity index (χ3v) is 8.83. The number of aromatic hydroxyl groups is 1. The molecule has 134 valence electrons. The predicted octanol–water partition coefficient (Wildman–Crippen LogP) is 4.05. The summed E-state index contributed by atoms with van der Waals surface area (Å²) >= 11 is 0. The Labute approximate surface area is 147 Å². The van der Waals surface area contributed by atoms with Crippen LogP contribution in [-0.4, -0.2) is 20.7 Å². The molecule has 4 aliphatic rings. The van der Waals surface area contributed by atoms with Gasteiger partial charge in [-0.1, -0.05) is 13.0 Å². The van der Waals surface area contributed by atoms with E-state index in [1.54, 1.807) is 0 Å². The standard InChI is InChI=1S/C20H25NO4/c1-18-7-6-13-12-3-5-16(22)17(21(24)25)14(12)2-4-15(13)19(18)8-10-20(18,23)11-9-19/h3,5,13,15,22-23H,2,4,6-11H2,1H3/t13-,15-,18+,19?,20?/m1/s1. The third kappa shape index (κ3) is 1.59. The van der Waals surface area contributed by atoms with Gasteiger partial charge in [0.15, 0.2) is 5.75 Å². The number of phenolic OH excluding ortho intramolecular Hbond substituents is 1. The van der Waals surface area contributed by atoms with Crippen LogP contribution in [-0.2, 0) is 6.42 Å². The molecule has 2 bridgehead atoms. The molecule has 0 saturated heterocycles. The first-order chi connectivity index (χ1) is 11.8. The minimum atomic E-state index is -0.501. The number of benzene rings is 1. The fourth-order valence-corrected chi connectivity index (χ4v) is 7.57. The smallest absolute Gasteiger partial charge is 0.314 e. The Bertz CT molecular complexity index is 780. The fraction of sp³-hybridized carbons (Fsp3) is 0.700. The van der Waals surface area contributed by atoms with E-state index in [1.807, 2.05) is 6.07 Å². The normalized spacial score (nSPS) is 44.1. The number of aliphatic hydroxyl groups is 1. The highest BCUT2D eigenvalue weighted by Crippen LogP contribution is 2.77. The molecule has 0 amide bonds. The predicted molar refractivity (Wildman–Crippen MR) is 92.5 cm³/mol. The molecule has 5 rings (SSSR count). The topological polar surface area (TPSA) is 83.6 Å². The summed E-state index contributed by atoms with van der Waals surface area (Å²) in [6, 6.07) is 3.42. The highest BCUT2D eigenvalue weighted by Gasteiger charge is 2.73. The van der Waals surface area contributed by atoms with E-state index in [2.05, 4.69) is 6.92 Å². The van der Waals surface area contributed by atoms with Crippen LogP contribution in [0, 0.1) is 26.9 Å². The second-order valence-electron chi connectivity index (χ2n) is 9.07. The van der Waals surface area contributed by atoms with Gasteiger partial charge >= 0.3 is 5.69 Å². The first-order valence-corrected chi connectivity index (χ1v) is 9.55. The van der Waals surface area contributed by atoms with E-state index < -0.39 is 10.5 Å². The van der Waals surface area contributed by atoms with E-state index in [-0.39, 0.29) is 22.3 Å². The van der Waals surface area contributed by atoms with Gasteiger partial charge in [-0.2, -0.15) is 0 Å². The molecule has 1 aromatic carbocycles. The Morgan fingerprint density at radius 2 is 1.88 bits per heavy atom. The number of nitrogens with zero attached hydrogens (tertiary/aromatic N) is 1. The molecule has 1 aromatic rings. The van der Waals surface area contributed by atoms with Gasteiger partial charge in [0.1, 0.15) is 0 Å². The Morgan fingerprint density at radius 3 is 2.56 bits per heavy atom. The average molecular weight is 343 g/mol. The average Bonchev–Trinajstić information content (AvgIpc) is 2.95. The summed E-state index contributed by atoms with van der Waals surface area (Å²) in [5.41, 5.74) is 1.43. The minimum Gasteiger partial charge on any atom is -0.502 e. The van der Waals surface area contributed by atoms with E-state index in [4.69, 9.17) is 0 Å². The Hall–Kier alpha value is -1.62. The van der Waals surface area contributed by atoms with Crippen LogP contribution in [0.4, 0.5) is 5.69 Å². The lowest BCUT2D eigenvalue weighted by Crippen LogP contribution is -2.51. The molecule has 0 aliphatic heterocycles. The molecule has 2 N–H and O–H groups in total. The molecular formula is C20H25NO4. The van der Waals surface area contributed by atoms with Crippen LogP contribution in [0.1, 0.15) is 68.9 Å². The van der Waals surface area contributed by atoms with Crippen molar-refractivity contribution < 1.29 is 15.1 Å². The summed E-state index contributed by atoms with van der Waals surface area (Å²) in [5, 5.41) is 32.7. The van der Waals surface area contributed by atoms with Gasteiger partial charge in [0.25, 0.3) is 0 Å². The summed E-state index contributed by atoms with van der Waals surface area (Å²) in [7, 11) is 0. The number of hydrogen-bond donors (Lipinski definition) is 2. The molecule has 0 heterocycles. The van der Waals surface area contributed by atoms with Gasteiger partial charge in [-0.15, -0.1) is 0 Å². The Morgan fingerprint density at radius 1 is 1.16 bits per heavy atom. The first-order valence-electron chi connectivity index (χ1n) is 9.55. The largest absolute Gasteiger partial charge is 0.502 e. The summed E-state index contributed by atoms with van der Waals surface area (Å²) in [5.74, 6) is 0.619. The highest BCUT2D eigenvalue weighted by atomic mass is 16.6. The van der Waals surface area contributed by atoms with Gasteiger partial charge < -0.3 is 10.2 Å². The maximum atomic E-state index is 11.5. The molecule has 0 spiro atoms. The summed E-state index contributed by atoms with van der Waals surface area (Å²) in [6.07, 6.45) is 7.60. The molecule has 3 atom stereocenters. The number of nitro groups is 1. The van der Waals surface area contributed by atoms with E-state index in [0.717, 1.165) is 56.1 Å². The summed E-state index contributed by atoms with van der Waals surface area (Å²) in [6.45, 7) is 2.30. The van der Waals surface area contributed by atoms with Gasteiger partial charge in [0.2, 0.25) is 0 Å². The molecule has 0 unspecified atom stereocenters. The minimum absolute atomic E-state index is 0.00151. The quantitative estimate of drug-likeness (QED) is 0.595. The van der Waals surface area contributed by atoms with Crippen molar-refractivity contribution in [2.75, 3.05) is 0 Å². The van der Waals surface area contributed by atoms with Gasteiger partial charge in [0, 0.05) is 11.0 Å². The number of nitro benzene ring substituents is 1. The van der Waals surface area contributed by atoms with E-state index in [9.17, 15) is 20.3 Å². The zero-order chi connectivity index (χ0) is 17.6. The van der Waals surface area contributed by atoms with Crippen LogP contribution >= 0.6 is 0 Å². The maximum Gasteiger partial charge on any atom is 0.314 e. The molecule has 0 aromatic heterocycles. The summed E-state index contributed by atoms with van der Waals surface area (Å²) in [4.78, 5) is 11.0. The SMILES string of the molecule is C[C@]12CC[C@@H]3c4ccc(O)c([N+](=O)[O-])c4CC[C@H]3C13CCC2(O)CC3. The number of phenols is 1. The van der Waals surface area contributed by atoms with Crippen LogP contribution < -0.4 is 0 Å². The first kappa shape index (κ1) is 15.6. The number of rotatable bonds is 1. The number of fused-ring (bicyclic) bond motifs is 3. The lowest BCUT2D eigenvalue weighted by Gasteiger charge is -2.56. The van der Waals surface area contributed by atoms with Crippen LogP contribution in [0.25, 0.3) is 0 Å². The van der Waals surface area contributed by atoms with Crippen molar-refractivity contribution >= 4 is 5.69 Å². The fourth-order valence-electron chi connectivity index (χ4n) is 7.57. The van der Waals surface area contributed by atoms with Crippen molar-refractivity contribution in [3.63, 3.8) is 0 Å². The van der Waals surface area contributed by atoms with E-state index in [1.165, 1.54) is 6.07 Å². The van der Waals surface area contributed by atoms with Crippen molar-refractivity contribution in [1.29, 1.82) is 0 Å². The molecule has 4 aliphatic carbocycles. The van der Waals surface area contributed by atoms with Crippen LogP contribution in [0.3, 0.4) is 0 Å². The molecule has 3 saturated carbocycles. The lowest BCUT2D eigenvalue weighted by atomic mass is 9.48. The van der Waals surface area contributed by atoms with Crippen molar-refractivity contribution in [2.45, 2.75) is 69.8 Å². The van der Waals surface area contributed by atoms with Gasteiger partial charge in [-0.25, -0.2) is 0 Å². The van der Waals surface area contributed by atoms with Crippen LogP contribution in [0.5, 0.6) is 5.75 Å². The summed E-state index contributed by atoms with van der Waals surface area (Å²) < 4.78 is 0. The van der Waals surface area contributed by atoms with Crippen molar-refractivity contribution in [3.05, 3.63) is 33.4 Å². The van der Waals surface area contributed by atoms with Crippen molar-refractivity contribution in [3.8, 4) is 5.75 Å². The zero-order valence-electron chi connectivity index (χ0n) is 14.6. The third-order valence-electron chi connectivity index (χ3n) is 8.83. The van der Waals surface area contributed by atoms with Gasteiger partial charge in [0.05, 0.1) is 10.5 Å². The highest BCUT2D eigenvalue weighted by molar-refractivity contribution is 5.58. The molecule has 5 nitrogen and oxygen atoms in total. The van der Waals surface area contributed by atoms with E-state index in [0.29, 0.717) is 18.3 Å². The molecule has 0 radical (unpaired) electrons. The Kier molecular flexibility index (Phi) is 2.85. The van der Waals surface area contributed by atoms with Gasteiger partial charge in [-0.05, 0) is 80.2 Å². The molecule has 3 fully saturated rings. The monoisotopic (exact) mass is 343 g/mol. The molecular weight excluding hydrogens is 318 g/mol. The number of hydrogen-bond acceptors (Lipinski definition) is 4.